The molecule has 1 saturated heterocycles. The van der Waals surface area contributed by atoms with Crippen LogP contribution in [-0.2, 0) is 11.0 Å². The van der Waals surface area contributed by atoms with E-state index in [9.17, 15) is 23.2 Å². The number of anilines is 1. The van der Waals surface area contributed by atoms with Crippen LogP contribution in [-0.4, -0.2) is 39.9 Å². The number of alkyl halides is 3. The summed E-state index contributed by atoms with van der Waals surface area (Å²) < 4.78 is 43.9. The number of aryl methyl sites for hydroxylation is 1. The number of imidazole rings is 1. The number of nitriles is 1. The molecule has 0 saturated carbocycles. The molecule has 3 rings (SSSR count). The molecule has 2 aromatic heterocycles. The van der Waals surface area contributed by atoms with Crippen molar-refractivity contribution in [3.8, 4) is 6.07 Å². The van der Waals surface area contributed by atoms with Crippen molar-refractivity contribution in [2.24, 2.45) is 0 Å². The first-order valence-electron chi connectivity index (χ1n) is 9.29. The summed E-state index contributed by atoms with van der Waals surface area (Å²) in [5.74, 6) is 0.387. The summed E-state index contributed by atoms with van der Waals surface area (Å²) in [5, 5.41) is 11.9. The number of piperidine rings is 1. The fourth-order valence-electron chi connectivity index (χ4n) is 3.50. The number of aromatic amines is 1. The van der Waals surface area contributed by atoms with Crippen LogP contribution in [0.1, 0.15) is 54.1 Å². The molecule has 29 heavy (non-hydrogen) atoms. The van der Waals surface area contributed by atoms with Crippen LogP contribution in [0.25, 0.3) is 0 Å². The molecule has 0 unspecified atom stereocenters. The van der Waals surface area contributed by atoms with Crippen molar-refractivity contribution in [1.29, 1.82) is 5.26 Å². The van der Waals surface area contributed by atoms with Gasteiger partial charge in [0.05, 0.1) is 12.2 Å². The summed E-state index contributed by atoms with van der Waals surface area (Å²) in [4.78, 5) is 20.8. The third-order valence-electron chi connectivity index (χ3n) is 5.40. The molecule has 1 aliphatic heterocycles. The Morgan fingerprint density at radius 2 is 2.21 bits per heavy atom. The van der Waals surface area contributed by atoms with Crippen LogP contribution in [0.2, 0.25) is 0 Å². The molecule has 2 aromatic rings. The van der Waals surface area contributed by atoms with Crippen molar-refractivity contribution in [1.82, 2.24) is 14.9 Å². The van der Waals surface area contributed by atoms with Crippen molar-refractivity contribution in [2.45, 2.75) is 51.7 Å². The average molecular weight is 409 g/mol. The zero-order valence-corrected chi connectivity index (χ0v) is 16.4. The summed E-state index contributed by atoms with van der Waals surface area (Å²) >= 11 is 0. The Balaban J connectivity index is 1.69. The summed E-state index contributed by atoms with van der Waals surface area (Å²) in [6, 6.07) is 1.48. The van der Waals surface area contributed by atoms with E-state index < -0.39 is 17.9 Å². The molecule has 0 aromatic carbocycles. The van der Waals surface area contributed by atoms with Crippen molar-refractivity contribution in [3.05, 3.63) is 34.6 Å². The highest BCUT2D eigenvalue weighted by molar-refractivity contribution is 5.94. The van der Waals surface area contributed by atoms with E-state index in [-0.39, 0.29) is 29.1 Å². The van der Waals surface area contributed by atoms with Crippen LogP contribution < -0.4 is 5.32 Å². The molecule has 0 spiro atoms. The molecule has 0 bridgehead atoms. The van der Waals surface area contributed by atoms with Crippen LogP contribution >= 0.6 is 0 Å². The molecule has 156 valence electrons. The summed E-state index contributed by atoms with van der Waals surface area (Å²) in [7, 11) is 0. The van der Waals surface area contributed by atoms with Gasteiger partial charge in [-0.3, -0.25) is 15.0 Å². The monoisotopic (exact) mass is 409 g/mol. The van der Waals surface area contributed by atoms with E-state index in [4.69, 9.17) is 4.42 Å². The lowest BCUT2D eigenvalue weighted by molar-refractivity contribution is -0.141. The van der Waals surface area contributed by atoms with Crippen molar-refractivity contribution in [2.75, 3.05) is 18.4 Å². The van der Waals surface area contributed by atoms with Gasteiger partial charge in [-0.05, 0) is 40.2 Å². The van der Waals surface area contributed by atoms with E-state index in [2.05, 4.69) is 15.3 Å². The number of H-pyrrole nitrogens is 1. The van der Waals surface area contributed by atoms with Crippen LogP contribution in [0, 0.1) is 25.2 Å². The van der Waals surface area contributed by atoms with Gasteiger partial charge in [-0.25, -0.2) is 4.98 Å². The van der Waals surface area contributed by atoms with E-state index in [1.165, 1.54) is 0 Å². The molecule has 0 aliphatic carbocycles. The predicted molar refractivity (Wildman–Crippen MR) is 98.1 cm³/mol. The number of rotatable bonds is 4. The molecule has 2 atom stereocenters. The highest BCUT2D eigenvalue weighted by Gasteiger charge is 2.35. The average Bonchev–Trinajstić information content (AvgIpc) is 3.27. The maximum atomic E-state index is 12.8. The van der Waals surface area contributed by atoms with Gasteiger partial charge < -0.3 is 9.40 Å². The Morgan fingerprint density at radius 3 is 2.83 bits per heavy atom. The fourth-order valence-corrected chi connectivity index (χ4v) is 3.50. The minimum Gasteiger partial charge on any atom is -0.444 e. The number of aromatic nitrogens is 2. The largest absolute Gasteiger partial charge is 0.444 e. The van der Waals surface area contributed by atoms with Gasteiger partial charge in [0.25, 0.3) is 0 Å². The minimum atomic E-state index is -4.47. The smallest absolute Gasteiger partial charge is 0.432 e. The van der Waals surface area contributed by atoms with Gasteiger partial charge in [-0.1, -0.05) is 0 Å². The van der Waals surface area contributed by atoms with E-state index in [0.29, 0.717) is 30.8 Å². The highest BCUT2D eigenvalue weighted by atomic mass is 19.4. The normalized spacial score (nSPS) is 19.0. The number of likely N-dealkylation sites (tertiary alicyclic amines) is 1. The topological polar surface area (TPSA) is 97.9 Å². The maximum Gasteiger partial charge on any atom is 0.432 e. The first kappa shape index (κ1) is 20.9. The lowest BCUT2D eigenvalue weighted by Gasteiger charge is -2.35. The van der Waals surface area contributed by atoms with Crippen LogP contribution in [0.3, 0.4) is 0 Å². The minimum absolute atomic E-state index is 0.119. The molecule has 1 aliphatic rings. The number of carbonyl (C=O) groups is 1. The first-order valence-corrected chi connectivity index (χ1v) is 9.29. The number of hydrogen-bond acceptors (Lipinski definition) is 5. The lowest BCUT2D eigenvalue weighted by atomic mass is 9.96. The number of nitrogens with zero attached hydrogens (tertiary/aromatic N) is 3. The maximum absolute atomic E-state index is 12.8. The Morgan fingerprint density at radius 1 is 1.48 bits per heavy atom. The Kier molecular flexibility index (Phi) is 5.71. The molecule has 10 heteroatoms. The third-order valence-corrected chi connectivity index (χ3v) is 5.40. The third kappa shape index (κ3) is 4.29. The molecular formula is C19H22F3N5O2. The zero-order chi connectivity index (χ0) is 21.3. The lowest BCUT2D eigenvalue weighted by Crippen LogP contribution is -2.46. The van der Waals surface area contributed by atoms with E-state index >= 15 is 0 Å². The van der Waals surface area contributed by atoms with E-state index in [0.717, 1.165) is 12.6 Å². The van der Waals surface area contributed by atoms with Crippen molar-refractivity contribution in [3.63, 3.8) is 0 Å². The molecule has 2 N–H and O–H groups in total. The Labute approximate surface area is 165 Å². The highest BCUT2D eigenvalue weighted by Crippen LogP contribution is 2.32. The van der Waals surface area contributed by atoms with E-state index in [1.807, 2.05) is 11.0 Å². The number of halogens is 3. The van der Waals surface area contributed by atoms with Gasteiger partial charge in [0.2, 0.25) is 11.8 Å². The van der Waals surface area contributed by atoms with Gasteiger partial charge in [-0.15, -0.1) is 0 Å². The molecule has 0 radical (unpaired) electrons. The van der Waals surface area contributed by atoms with Crippen LogP contribution in [0.4, 0.5) is 19.1 Å². The number of amides is 1. The predicted octanol–water partition coefficient (Wildman–Crippen LogP) is 3.72. The second-order valence-electron chi connectivity index (χ2n) is 7.28. The standard InChI is InChI=1S/C19H22F3N5O2/c1-10-12(3)29-18(14(10)7-23)26-17(28)11(2)27-6-4-5-13(9-27)16-24-8-15(25-16)19(20,21)22/h8,11,13H,4-6,9H2,1-3H3,(H,24,25)(H,26,28)/t11-,13+/m0/s1. The molecular weight excluding hydrogens is 387 g/mol. The number of hydrogen-bond donors (Lipinski definition) is 2. The van der Waals surface area contributed by atoms with Gasteiger partial charge in [0.1, 0.15) is 28.9 Å². The van der Waals surface area contributed by atoms with E-state index in [1.54, 1.807) is 20.8 Å². The molecule has 1 fully saturated rings. The zero-order valence-electron chi connectivity index (χ0n) is 16.4. The number of furan rings is 1. The van der Waals surface area contributed by atoms with Gasteiger partial charge in [-0.2, -0.15) is 18.4 Å². The van der Waals surface area contributed by atoms with Gasteiger partial charge >= 0.3 is 6.18 Å². The van der Waals surface area contributed by atoms with Crippen LogP contribution in [0.5, 0.6) is 0 Å². The van der Waals surface area contributed by atoms with Crippen molar-refractivity contribution >= 4 is 11.8 Å². The quantitative estimate of drug-likeness (QED) is 0.802. The summed E-state index contributed by atoms with van der Waals surface area (Å²) in [6.45, 7) is 6.21. The fraction of sp³-hybridized carbons (Fsp3) is 0.526. The van der Waals surface area contributed by atoms with Crippen molar-refractivity contribution < 1.29 is 22.4 Å². The second kappa shape index (κ2) is 7.91. The second-order valence-corrected chi connectivity index (χ2v) is 7.28. The molecule has 7 nitrogen and oxygen atoms in total. The molecule has 1 amide bonds. The Hall–Kier alpha value is -2.80. The summed E-state index contributed by atoms with van der Waals surface area (Å²) in [6.07, 6.45) is -2.25. The van der Waals surface area contributed by atoms with Gasteiger partial charge in [0.15, 0.2) is 0 Å². The summed E-state index contributed by atoms with van der Waals surface area (Å²) in [5.41, 5.74) is 0.0876. The molecule has 3 heterocycles. The van der Waals surface area contributed by atoms with Gasteiger partial charge in [0, 0.05) is 18.0 Å². The SMILES string of the molecule is Cc1oc(NC(=O)[C@H](C)N2CCC[C@@H](c3ncc(C(F)(F)F)[nH]3)C2)c(C#N)c1C. The number of nitrogens with one attached hydrogen (secondary N) is 2. The Bertz CT molecular complexity index is 941. The number of carbonyl (C=O) groups excluding carboxylic acids is 1. The van der Waals surface area contributed by atoms with Crippen LogP contribution in [0.15, 0.2) is 10.6 Å². The first-order chi connectivity index (χ1) is 13.6.